The molecule has 29 heavy (non-hydrogen) atoms. The number of amides is 1. The fourth-order valence-electron chi connectivity index (χ4n) is 3.20. The third kappa shape index (κ3) is 5.23. The molecule has 2 unspecified atom stereocenters. The molecule has 0 heterocycles. The molecule has 4 nitrogen and oxygen atoms in total. The van der Waals surface area contributed by atoms with Gasteiger partial charge in [-0.2, -0.15) is 0 Å². The Hall–Kier alpha value is -2.68. The van der Waals surface area contributed by atoms with Crippen LogP contribution in [-0.4, -0.2) is 18.3 Å². The van der Waals surface area contributed by atoms with E-state index in [1.54, 1.807) is 24.3 Å². The molecule has 3 rings (SSSR count). The lowest BCUT2D eigenvalue weighted by molar-refractivity contribution is 0.0945. The van der Waals surface area contributed by atoms with Crippen molar-refractivity contribution in [1.29, 1.82) is 0 Å². The van der Waals surface area contributed by atoms with Gasteiger partial charge in [-0.15, -0.1) is 0 Å². The minimum atomic E-state index is -3.37. The molecular formula is C24H26NO3P. The van der Waals surface area contributed by atoms with E-state index in [0.717, 1.165) is 11.1 Å². The molecule has 0 aliphatic rings. The van der Waals surface area contributed by atoms with Crippen LogP contribution < -0.4 is 10.6 Å². The maximum atomic E-state index is 14.1. The fourth-order valence-corrected chi connectivity index (χ4v) is 5.60. The molecule has 0 aliphatic carbocycles. The molecule has 0 saturated heterocycles. The first kappa shape index (κ1) is 21.0. The van der Waals surface area contributed by atoms with Crippen molar-refractivity contribution in [2.24, 2.45) is 0 Å². The number of nitrogens with one attached hydrogen (secondary N) is 1. The largest absolute Gasteiger partial charge is 0.339 e. The molecular weight excluding hydrogens is 381 g/mol. The lowest BCUT2D eigenvalue weighted by atomic mass is 10.1. The smallest absolute Gasteiger partial charge is 0.254 e. The highest BCUT2D eigenvalue weighted by molar-refractivity contribution is 7.67. The Bertz CT molecular complexity index is 972. The van der Waals surface area contributed by atoms with E-state index in [4.69, 9.17) is 4.52 Å². The molecule has 1 N–H and O–H groups in total. The summed E-state index contributed by atoms with van der Waals surface area (Å²) < 4.78 is 20.0. The molecule has 3 aromatic rings. The molecule has 0 bridgehead atoms. The van der Waals surface area contributed by atoms with E-state index in [1.807, 2.05) is 74.5 Å². The second-order valence-electron chi connectivity index (χ2n) is 6.90. The van der Waals surface area contributed by atoms with E-state index >= 15 is 0 Å². The van der Waals surface area contributed by atoms with Gasteiger partial charge in [0.05, 0.1) is 6.61 Å². The number of hydrogen-bond acceptors (Lipinski definition) is 3. The fraction of sp³-hybridized carbons (Fsp3) is 0.208. The van der Waals surface area contributed by atoms with Crippen molar-refractivity contribution in [2.75, 3.05) is 6.61 Å². The van der Waals surface area contributed by atoms with E-state index in [2.05, 4.69) is 5.32 Å². The molecule has 0 saturated carbocycles. The van der Waals surface area contributed by atoms with Gasteiger partial charge in [-0.05, 0) is 43.7 Å². The number of carbonyl (C=O) groups is 1. The Labute approximate surface area is 172 Å². The Morgan fingerprint density at radius 3 is 2.10 bits per heavy atom. The van der Waals surface area contributed by atoms with Crippen molar-refractivity contribution in [3.05, 3.63) is 102 Å². The summed E-state index contributed by atoms with van der Waals surface area (Å²) in [6.45, 7) is 4.13. The van der Waals surface area contributed by atoms with Crippen molar-refractivity contribution < 1.29 is 13.9 Å². The first-order valence-electron chi connectivity index (χ1n) is 9.74. The minimum absolute atomic E-state index is 0.265. The summed E-state index contributed by atoms with van der Waals surface area (Å²) in [4.78, 5) is 12.9. The van der Waals surface area contributed by atoms with Crippen LogP contribution in [0.2, 0.25) is 0 Å². The summed E-state index contributed by atoms with van der Waals surface area (Å²) in [6, 6.07) is 26.1. The predicted molar refractivity (Wildman–Crippen MR) is 118 cm³/mol. The zero-order valence-electron chi connectivity index (χ0n) is 16.7. The average Bonchev–Trinajstić information content (AvgIpc) is 2.76. The third-order valence-electron chi connectivity index (χ3n) is 4.73. The second-order valence-corrected chi connectivity index (χ2v) is 9.49. The SMILES string of the molecule is CCOP(=O)(c1ccccc1)C(Cc1ccc(C)cc1)NC(=O)c1ccccc1. The summed E-state index contributed by atoms with van der Waals surface area (Å²) in [5.74, 6) is -0.946. The van der Waals surface area contributed by atoms with Crippen LogP contribution in [-0.2, 0) is 15.5 Å². The summed E-state index contributed by atoms with van der Waals surface area (Å²) in [7, 11) is -3.37. The Kier molecular flexibility index (Phi) is 7.03. The summed E-state index contributed by atoms with van der Waals surface area (Å²) in [6.07, 6.45) is 0.408. The van der Waals surface area contributed by atoms with Gasteiger partial charge in [0.2, 0.25) is 0 Å². The quantitative estimate of drug-likeness (QED) is 0.539. The molecule has 0 aliphatic heterocycles. The van der Waals surface area contributed by atoms with Gasteiger partial charge in [-0.3, -0.25) is 9.36 Å². The van der Waals surface area contributed by atoms with E-state index in [9.17, 15) is 9.36 Å². The van der Waals surface area contributed by atoms with E-state index in [-0.39, 0.29) is 12.5 Å². The van der Waals surface area contributed by atoms with Gasteiger partial charge in [0.15, 0.2) is 0 Å². The van der Waals surface area contributed by atoms with Crippen LogP contribution in [0.1, 0.15) is 28.4 Å². The number of carbonyl (C=O) groups excluding carboxylic acids is 1. The zero-order chi connectivity index (χ0) is 20.7. The van der Waals surface area contributed by atoms with Crippen molar-refractivity contribution in [3.63, 3.8) is 0 Å². The molecule has 2 atom stereocenters. The first-order chi connectivity index (χ1) is 14.0. The van der Waals surface area contributed by atoms with Gasteiger partial charge in [0.25, 0.3) is 13.3 Å². The van der Waals surface area contributed by atoms with Gasteiger partial charge in [0, 0.05) is 17.3 Å². The van der Waals surface area contributed by atoms with Crippen molar-refractivity contribution in [3.8, 4) is 0 Å². The number of aryl methyl sites for hydroxylation is 1. The molecule has 0 aromatic heterocycles. The lowest BCUT2D eigenvalue weighted by Crippen LogP contribution is -2.39. The monoisotopic (exact) mass is 407 g/mol. The highest BCUT2D eigenvalue weighted by Gasteiger charge is 2.37. The van der Waals surface area contributed by atoms with E-state index < -0.39 is 13.2 Å². The predicted octanol–water partition coefficient (Wildman–Crippen LogP) is 4.93. The van der Waals surface area contributed by atoms with Crippen molar-refractivity contribution in [1.82, 2.24) is 5.32 Å². The average molecular weight is 407 g/mol. The van der Waals surface area contributed by atoms with Crippen LogP contribution in [0.5, 0.6) is 0 Å². The molecule has 0 radical (unpaired) electrons. The maximum Gasteiger partial charge on any atom is 0.254 e. The van der Waals surface area contributed by atoms with Gasteiger partial charge < -0.3 is 9.84 Å². The molecule has 150 valence electrons. The van der Waals surface area contributed by atoms with E-state index in [1.165, 1.54) is 0 Å². The number of rotatable bonds is 8. The Morgan fingerprint density at radius 1 is 0.931 bits per heavy atom. The molecule has 0 spiro atoms. The summed E-state index contributed by atoms with van der Waals surface area (Å²) >= 11 is 0. The Morgan fingerprint density at radius 2 is 1.52 bits per heavy atom. The number of hydrogen-bond donors (Lipinski definition) is 1. The second kappa shape index (κ2) is 9.69. The van der Waals surface area contributed by atoms with Gasteiger partial charge in [0.1, 0.15) is 5.78 Å². The minimum Gasteiger partial charge on any atom is -0.339 e. The molecule has 5 heteroatoms. The Balaban J connectivity index is 1.98. The van der Waals surface area contributed by atoms with Crippen molar-refractivity contribution >= 4 is 18.6 Å². The molecule has 0 fully saturated rings. The highest BCUT2D eigenvalue weighted by atomic mass is 31.2. The third-order valence-corrected chi connectivity index (χ3v) is 7.52. The van der Waals surface area contributed by atoms with Gasteiger partial charge in [-0.1, -0.05) is 66.2 Å². The van der Waals surface area contributed by atoms with Crippen LogP contribution in [0.3, 0.4) is 0 Å². The topological polar surface area (TPSA) is 55.4 Å². The molecule has 1 amide bonds. The lowest BCUT2D eigenvalue weighted by Gasteiger charge is -2.28. The number of benzene rings is 3. The normalized spacial score (nSPS) is 14.0. The summed E-state index contributed by atoms with van der Waals surface area (Å²) in [5.41, 5.74) is 2.66. The van der Waals surface area contributed by atoms with Gasteiger partial charge in [-0.25, -0.2) is 0 Å². The highest BCUT2D eigenvalue weighted by Crippen LogP contribution is 2.50. The van der Waals surface area contributed by atoms with Crippen LogP contribution in [0, 0.1) is 6.92 Å². The zero-order valence-corrected chi connectivity index (χ0v) is 17.6. The standard InChI is InChI=1S/C24H26NO3P/c1-3-28-29(27,22-12-8-5-9-13-22)23(18-20-16-14-19(2)15-17-20)25-24(26)21-10-6-4-7-11-21/h4-17,23H,3,18H2,1-2H3,(H,25,26). The summed E-state index contributed by atoms with van der Waals surface area (Å²) in [5, 5.41) is 3.60. The van der Waals surface area contributed by atoms with Gasteiger partial charge >= 0.3 is 0 Å². The van der Waals surface area contributed by atoms with Crippen molar-refractivity contribution in [2.45, 2.75) is 26.1 Å². The maximum absolute atomic E-state index is 14.1. The van der Waals surface area contributed by atoms with E-state index in [0.29, 0.717) is 17.3 Å². The van der Waals surface area contributed by atoms with Crippen LogP contribution in [0.4, 0.5) is 0 Å². The van der Waals surface area contributed by atoms with Crippen LogP contribution in [0.25, 0.3) is 0 Å². The van der Waals surface area contributed by atoms with Crippen LogP contribution in [0.15, 0.2) is 84.9 Å². The molecule has 3 aromatic carbocycles. The van der Waals surface area contributed by atoms with Crippen LogP contribution >= 0.6 is 7.37 Å². The first-order valence-corrected chi connectivity index (χ1v) is 11.4.